The molecule has 2 heterocycles. The van der Waals surface area contributed by atoms with Crippen LogP contribution in [0.4, 0.5) is 5.69 Å². The summed E-state index contributed by atoms with van der Waals surface area (Å²) in [7, 11) is 0. The lowest BCUT2D eigenvalue weighted by atomic mass is 10.2. The number of pyridine rings is 1. The van der Waals surface area contributed by atoms with Gasteiger partial charge in [-0.1, -0.05) is 29.4 Å². The van der Waals surface area contributed by atoms with Gasteiger partial charge < -0.3 is 5.32 Å². The average molecular weight is 371 g/mol. The average Bonchev–Trinajstić information content (AvgIpc) is 2.60. The molecule has 2 aromatic heterocycles. The number of rotatable bonds is 5. The normalized spacial score (nSPS) is 10.5. The molecule has 0 aliphatic carbocycles. The predicted molar refractivity (Wildman–Crippen MR) is 101 cm³/mol. The fourth-order valence-electron chi connectivity index (χ4n) is 2.14. The molecule has 3 rings (SSSR count). The Bertz CT molecular complexity index is 889. The first-order chi connectivity index (χ1) is 12.1. The van der Waals surface area contributed by atoms with Gasteiger partial charge in [0.25, 0.3) is 0 Å². The van der Waals surface area contributed by atoms with Gasteiger partial charge in [-0.25, -0.2) is 9.97 Å². The van der Waals surface area contributed by atoms with Gasteiger partial charge in [-0.05, 0) is 43.3 Å². The first kappa shape index (κ1) is 17.4. The highest BCUT2D eigenvalue weighted by atomic mass is 35.5. The van der Waals surface area contributed by atoms with Crippen molar-refractivity contribution in [1.29, 1.82) is 0 Å². The summed E-state index contributed by atoms with van der Waals surface area (Å²) in [5.74, 6) is 0.729. The number of nitrogens with one attached hydrogen (secondary N) is 1. The Morgan fingerprint density at radius 1 is 1.20 bits per heavy atom. The molecule has 1 aromatic carbocycles. The summed E-state index contributed by atoms with van der Waals surface area (Å²) in [6, 6.07) is 12.7. The molecule has 126 valence electrons. The van der Waals surface area contributed by atoms with Gasteiger partial charge in [-0.15, -0.1) is 0 Å². The SMILES string of the molecule is Cc1cc(SCC(=O)Nc2cccc(Cl)c2)nc(-c2cccnc2)n1. The van der Waals surface area contributed by atoms with E-state index in [0.717, 1.165) is 16.3 Å². The molecule has 0 spiro atoms. The molecule has 5 nitrogen and oxygen atoms in total. The number of hydrogen-bond donors (Lipinski definition) is 1. The third kappa shape index (κ3) is 5.01. The monoisotopic (exact) mass is 370 g/mol. The molecule has 0 fully saturated rings. The van der Waals surface area contributed by atoms with Crippen LogP contribution < -0.4 is 5.32 Å². The Balaban J connectivity index is 1.67. The molecule has 0 unspecified atom stereocenters. The number of anilines is 1. The van der Waals surface area contributed by atoms with Crippen LogP contribution in [0.2, 0.25) is 5.02 Å². The summed E-state index contributed by atoms with van der Waals surface area (Å²) >= 11 is 7.27. The van der Waals surface area contributed by atoms with Crippen LogP contribution in [0.15, 0.2) is 59.9 Å². The quantitative estimate of drug-likeness (QED) is 0.537. The van der Waals surface area contributed by atoms with E-state index in [4.69, 9.17) is 11.6 Å². The van der Waals surface area contributed by atoms with E-state index < -0.39 is 0 Å². The zero-order chi connectivity index (χ0) is 17.6. The molecule has 0 aliphatic rings. The second-order valence-corrected chi connectivity index (χ2v) is 6.69. The Morgan fingerprint density at radius 2 is 2.08 bits per heavy atom. The molecular weight excluding hydrogens is 356 g/mol. The molecule has 0 atom stereocenters. The first-order valence-corrected chi connectivity index (χ1v) is 8.91. The highest BCUT2D eigenvalue weighted by molar-refractivity contribution is 7.99. The van der Waals surface area contributed by atoms with Gasteiger partial charge in [0.15, 0.2) is 5.82 Å². The van der Waals surface area contributed by atoms with Crippen LogP contribution in [0.1, 0.15) is 5.69 Å². The lowest BCUT2D eigenvalue weighted by Crippen LogP contribution is -2.14. The zero-order valence-corrected chi connectivity index (χ0v) is 15.0. The van der Waals surface area contributed by atoms with E-state index in [1.165, 1.54) is 11.8 Å². The number of hydrogen-bond acceptors (Lipinski definition) is 5. The minimum atomic E-state index is -0.119. The third-order valence-electron chi connectivity index (χ3n) is 3.21. The topological polar surface area (TPSA) is 67.8 Å². The van der Waals surface area contributed by atoms with Gasteiger partial charge in [0.1, 0.15) is 5.03 Å². The molecule has 3 aromatic rings. The van der Waals surface area contributed by atoms with Gasteiger partial charge in [0.05, 0.1) is 5.75 Å². The molecule has 25 heavy (non-hydrogen) atoms. The van der Waals surface area contributed by atoms with Crippen molar-refractivity contribution < 1.29 is 4.79 Å². The highest BCUT2D eigenvalue weighted by Gasteiger charge is 2.09. The van der Waals surface area contributed by atoms with E-state index in [1.54, 1.807) is 36.7 Å². The lowest BCUT2D eigenvalue weighted by Gasteiger charge is -2.07. The smallest absolute Gasteiger partial charge is 0.234 e. The lowest BCUT2D eigenvalue weighted by molar-refractivity contribution is -0.113. The van der Waals surface area contributed by atoms with E-state index in [-0.39, 0.29) is 11.7 Å². The third-order valence-corrected chi connectivity index (χ3v) is 4.36. The van der Waals surface area contributed by atoms with Crippen LogP contribution in [0, 0.1) is 6.92 Å². The van der Waals surface area contributed by atoms with E-state index in [1.807, 2.05) is 25.1 Å². The van der Waals surface area contributed by atoms with Crippen molar-refractivity contribution in [2.45, 2.75) is 11.9 Å². The fraction of sp³-hybridized carbons (Fsp3) is 0.111. The Kier molecular flexibility index (Phi) is 5.63. The van der Waals surface area contributed by atoms with Crippen molar-refractivity contribution >= 4 is 35.0 Å². The van der Waals surface area contributed by atoms with Gasteiger partial charge >= 0.3 is 0 Å². The van der Waals surface area contributed by atoms with E-state index in [9.17, 15) is 4.79 Å². The van der Waals surface area contributed by atoms with Gasteiger partial charge in [-0.3, -0.25) is 9.78 Å². The van der Waals surface area contributed by atoms with Crippen LogP contribution in [0.5, 0.6) is 0 Å². The molecule has 7 heteroatoms. The number of nitrogens with zero attached hydrogens (tertiary/aromatic N) is 3. The summed E-state index contributed by atoms with van der Waals surface area (Å²) in [6.45, 7) is 1.90. The van der Waals surface area contributed by atoms with E-state index >= 15 is 0 Å². The number of halogens is 1. The minimum Gasteiger partial charge on any atom is -0.325 e. The number of aromatic nitrogens is 3. The first-order valence-electron chi connectivity index (χ1n) is 7.54. The van der Waals surface area contributed by atoms with Gasteiger partial charge in [0.2, 0.25) is 5.91 Å². The molecular formula is C18H15ClN4OS. The maximum absolute atomic E-state index is 12.1. The maximum Gasteiger partial charge on any atom is 0.234 e. The summed E-state index contributed by atoms with van der Waals surface area (Å²) < 4.78 is 0. The highest BCUT2D eigenvalue weighted by Crippen LogP contribution is 2.21. The second-order valence-electron chi connectivity index (χ2n) is 5.26. The number of amides is 1. The van der Waals surface area contributed by atoms with Crippen LogP contribution >= 0.6 is 23.4 Å². The van der Waals surface area contributed by atoms with Crippen molar-refractivity contribution in [3.63, 3.8) is 0 Å². The van der Waals surface area contributed by atoms with Crippen LogP contribution in [0.3, 0.4) is 0 Å². The molecule has 1 N–H and O–H groups in total. The second kappa shape index (κ2) is 8.09. The number of carbonyl (C=O) groups is 1. The number of aryl methyl sites for hydroxylation is 1. The van der Waals surface area contributed by atoms with Crippen molar-refractivity contribution in [2.24, 2.45) is 0 Å². The van der Waals surface area contributed by atoms with Crippen molar-refractivity contribution in [1.82, 2.24) is 15.0 Å². The van der Waals surface area contributed by atoms with Gasteiger partial charge in [0, 0.05) is 34.4 Å². The van der Waals surface area contributed by atoms with Crippen LogP contribution in [-0.4, -0.2) is 26.6 Å². The molecule has 0 bridgehead atoms. The largest absolute Gasteiger partial charge is 0.325 e. The minimum absolute atomic E-state index is 0.119. The Morgan fingerprint density at radius 3 is 2.84 bits per heavy atom. The standard InChI is InChI=1S/C18H15ClN4OS/c1-12-8-17(23-18(21-12)13-4-3-7-20-10-13)25-11-16(24)22-15-6-2-5-14(19)9-15/h2-10H,11H2,1H3,(H,22,24). The van der Waals surface area contributed by atoms with E-state index in [0.29, 0.717) is 16.5 Å². The van der Waals surface area contributed by atoms with Crippen molar-refractivity contribution in [3.05, 3.63) is 65.6 Å². The van der Waals surface area contributed by atoms with Gasteiger partial charge in [-0.2, -0.15) is 0 Å². The van der Waals surface area contributed by atoms with Crippen LogP contribution in [0.25, 0.3) is 11.4 Å². The molecule has 1 amide bonds. The predicted octanol–water partition coefficient (Wildman–Crippen LogP) is 4.23. The van der Waals surface area contributed by atoms with Crippen molar-refractivity contribution in [3.8, 4) is 11.4 Å². The zero-order valence-electron chi connectivity index (χ0n) is 13.4. The number of benzene rings is 1. The summed E-state index contributed by atoms with van der Waals surface area (Å²) in [5.41, 5.74) is 2.36. The fourth-order valence-corrected chi connectivity index (χ4v) is 3.09. The Hall–Kier alpha value is -2.44. The molecule has 0 saturated carbocycles. The van der Waals surface area contributed by atoms with Crippen molar-refractivity contribution in [2.75, 3.05) is 11.1 Å². The van der Waals surface area contributed by atoms with Crippen LogP contribution in [-0.2, 0) is 4.79 Å². The Labute approximate surface area is 154 Å². The molecule has 0 aliphatic heterocycles. The maximum atomic E-state index is 12.1. The number of carbonyl (C=O) groups excluding carboxylic acids is 1. The number of thioether (sulfide) groups is 1. The summed E-state index contributed by atoms with van der Waals surface area (Å²) in [4.78, 5) is 25.1. The molecule has 0 radical (unpaired) electrons. The summed E-state index contributed by atoms with van der Waals surface area (Å²) in [6.07, 6.45) is 3.42. The summed E-state index contributed by atoms with van der Waals surface area (Å²) in [5, 5.41) is 4.14. The van der Waals surface area contributed by atoms with E-state index in [2.05, 4.69) is 20.3 Å². The molecule has 0 saturated heterocycles.